The Morgan fingerprint density at radius 1 is 0.294 bits per heavy atom. The molecule has 0 N–H and O–H groups in total. The molecular formula is C30H26I2P2. The summed E-state index contributed by atoms with van der Waals surface area (Å²) in [7, 11) is 0. The standard InChI is InChI=1S/C30H26I2P2/c31-33(25-15-5-1-6-16-25,26-17-7-2-8-18-26)29-23-13-14-24-30(29)34(32,27-19-9-3-10-20-27)28-21-11-4-12-22-28/h1-24,33-34H. The summed E-state index contributed by atoms with van der Waals surface area (Å²) in [4.78, 5) is -4.60. The summed E-state index contributed by atoms with van der Waals surface area (Å²) in [6, 6.07) is 53.8. The van der Waals surface area contributed by atoms with Crippen molar-refractivity contribution < 1.29 is 0 Å². The molecule has 170 valence electrons. The number of benzene rings is 5. The van der Waals surface area contributed by atoms with Gasteiger partial charge in [-0.3, -0.25) is 0 Å². The van der Waals surface area contributed by atoms with Gasteiger partial charge in [-0.1, -0.05) is 0 Å². The zero-order valence-corrected chi connectivity index (χ0v) is 24.9. The van der Waals surface area contributed by atoms with Crippen LogP contribution in [-0.4, -0.2) is 0 Å². The van der Waals surface area contributed by atoms with E-state index >= 15 is 0 Å². The topological polar surface area (TPSA) is 0 Å². The monoisotopic (exact) mass is 702 g/mol. The minimum atomic E-state index is -2.30. The Morgan fingerprint density at radius 2 is 0.500 bits per heavy atom. The molecule has 0 fully saturated rings. The van der Waals surface area contributed by atoms with Gasteiger partial charge in [0.05, 0.1) is 0 Å². The molecular weight excluding hydrogens is 676 g/mol. The van der Waals surface area contributed by atoms with E-state index in [1.807, 2.05) is 0 Å². The van der Waals surface area contributed by atoms with Crippen molar-refractivity contribution in [3.05, 3.63) is 146 Å². The molecule has 5 aromatic rings. The first-order chi connectivity index (χ1) is 16.6. The molecule has 0 radical (unpaired) electrons. The van der Waals surface area contributed by atoms with E-state index < -0.39 is 9.81 Å². The maximum absolute atomic E-state index is 2.83. The Hall–Kier alpha value is -1.58. The summed E-state index contributed by atoms with van der Waals surface area (Å²) in [6.45, 7) is 0. The van der Waals surface area contributed by atoms with Crippen LogP contribution < -0.4 is 31.8 Å². The van der Waals surface area contributed by atoms with E-state index in [0.717, 1.165) is 0 Å². The predicted molar refractivity (Wildman–Crippen MR) is 175 cm³/mol. The zero-order valence-electron chi connectivity index (χ0n) is 18.6. The van der Waals surface area contributed by atoms with Gasteiger partial charge in [-0.2, -0.15) is 0 Å². The van der Waals surface area contributed by atoms with Crippen LogP contribution in [0.3, 0.4) is 0 Å². The Labute approximate surface area is 229 Å². The van der Waals surface area contributed by atoms with Gasteiger partial charge in [0.25, 0.3) is 0 Å². The molecule has 0 aliphatic carbocycles. The number of hydrogen-bond donors (Lipinski definition) is 0. The third-order valence-corrected chi connectivity index (χ3v) is 24.4. The number of hydrogen-bond acceptors (Lipinski definition) is 0. The van der Waals surface area contributed by atoms with Gasteiger partial charge in [-0.15, -0.1) is 0 Å². The van der Waals surface area contributed by atoms with Crippen LogP contribution in [-0.2, 0) is 0 Å². The minimum absolute atomic E-state index is 1.43. The zero-order chi connectivity index (χ0) is 23.4. The second kappa shape index (κ2) is 10.6. The van der Waals surface area contributed by atoms with Gasteiger partial charge in [-0.25, -0.2) is 0 Å². The Morgan fingerprint density at radius 3 is 0.735 bits per heavy atom. The fourth-order valence-electron chi connectivity index (χ4n) is 4.71. The molecule has 0 aliphatic heterocycles. The van der Waals surface area contributed by atoms with E-state index in [-0.39, 0.29) is 0 Å². The normalized spacial score (nSPS) is 12.8. The fraction of sp³-hybridized carbons (Fsp3) is 0. The molecule has 4 heteroatoms. The molecule has 5 rings (SSSR count). The first-order valence-electron chi connectivity index (χ1n) is 11.3. The van der Waals surface area contributed by atoms with Crippen molar-refractivity contribution in [2.45, 2.75) is 0 Å². The number of halogens is 2. The fourth-order valence-corrected chi connectivity index (χ4v) is 20.6. The second-order valence-corrected chi connectivity index (χ2v) is 24.1. The van der Waals surface area contributed by atoms with Crippen molar-refractivity contribution >= 4 is 85.7 Å². The molecule has 0 amide bonds. The van der Waals surface area contributed by atoms with Crippen LogP contribution in [0.15, 0.2) is 146 Å². The maximum atomic E-state index is 2.83. The van der Waals surface area contributed by atoms with Crippen molar-refractivity contribution in [1.29, 1.82) is 0 Å². The van der Waals surface area contributed by atoms with Crippen LogP contribution in [0.25, 0.3) is 0 Å². The molecule has 0 aliphatic rings. The van der Waals surface area contributed by atoms with Crippen molar-refractivity contribution in [3.8, 4) is 0 Å². The molecule has 0 heterocycles. The molecule has 5 aromatic carbocycles. The molecule has 34 heavy (non-hydrogen) atoms. The van der Waals surface area contributed by atoms with Gasteiger partial charge in [-0.05, 0) is 0 Å². The molecule has 0 unspecified atom stereocenters. The van der Waals surface area contributed by atoms with Crippen molar-refractivity contribution in [2.24, 2.45) is 0 Å². The van der Waals surface area contributed by atoms with Crippen molar-refractivity contribution in [1.82, 2.24) is 0 Å². The molecule has 0 atom stereocenters. The summed E-state index contributed by atoms with van der Waals surface area (Å²) in [5.74, 6) is 0. The molecule has 0 aromatic heterocycles. The van der Waals surface area contributed by atoms with Crippen LogP contribution in [0.1, 0.15) is 0 Å². The van der Waals surface area contributed by atoms with Crippen LogP contribution >= 0.6 is 53.9 Å². The van der Waals surface area contributed by atoms with E-state index in [1.165, 1.54) is 31.8 Å². The summed E-state index contributed by atoms with van der Waals surface area (Å²) in [5, 5.41) is 8.74. The van der Waals surface area contributed by atoms with E-state index in [2.05, 4.69) is 190 Å². The molecule has 0 saturated carbocycles. The van der Waals surface area contributed by atoms with Crippen LogP contribution in [0.5, 0.6) is 0 Å². The quantitative estimate of drug-likeness (QED) is 0.141. The van der Waals surface area contributed by atoms with Crippen LogP contribution in [0, 0.1) is 0 Å². The van der Waals surface area contributed by atoms with E-state index in [1.54, 1.807) is 0 Å². The third-order valence-electron chi connectivity index (χ3n) is 6.36. The van der Waals surface area contributed by atoms with E-state index in [9.17, 15) is 0 Å². The van der Waals surface area contributed by atoms with Crippen molar-refractivity contribution in [2.75, 3.05) is 0 Å². The van der Waals surface area contributed by atoms with E-state index in [0.29, 0.717) is 0 Å². The number of rotatable bonds is 6. The van der Waals surface area contributed by atoms with Crippen molar-refractivity contribution in [3.63, 3.8) is 0 Å². The Bertz CT molecular complexity index is 1170. The van der Waals surface area contributed by atoms with Gasteiger partial charge in [0, 0.05) is 0 Å². The Balaban J connectivity index is 1.85. The van der Waals surface area contributed by atoms with Gasteiger partial charge >= 0.3 is 231 Å². The van der Waals surface area contributed by atoms with E-state index in [4.69, 9.17) is 0 Å². The molecule has 0 spiro atoms. The van der Waals surface area contributed by atoms with Gasteiger partial charge in [0.2, 0.25) is 0 Å². The van der Waals surface area contributed by atoms with Gasteiger partial charge in [0.15, 0.2) is 0 Å². The Kier molecular flexibility index (Phi) is 7.51. The average Bonchev–Trinajstić information content (AvgIpc) is 2.94. The van der Waals surface area contributed by atoms with Crippen LogP contribution in [0.2, 0.25) is 0 Å². The summed E-state index contributed by atoms with van der Waals surface area (Å²) in [6.07, 6.45) is 0. The van der Waals surface area contributed by atoms with Gasteiger partial charge < -0.3 is 0 Å². The SMILES string of the molecule is I[PH](c1ccccc1)(c1ccccc1)c1ccccc1[PH](I)(c1ccccc1)c1ccccc1. The van der Waals surface area contributed by atoms with Crippen LogP contribution in [0.4, 0.5) is 0 Å². The van der Waals surface area contributed by atoms with Gasteiger partial charge in [0.1, 0.15) is 0 Å². The first kappa shape index (κ1) is 24.1. The second-order valence-electron chi connectivity index (χ2n) is 8.33. The molecule has 0 bridgehead atoms. The predicted octanol–water partition coefficient (Wildman–Crippen LogP) is 6.44. The summed E-state index contributed by atoms with van der Waals surface area (Å²) < 4.78 is 0. The average molecular weight is 702 g/mol. The summed E-state index contributed by atoms with van der Waals surface area (Å²) in [5.41, 5.74) is 0. The summed E-state index contributed by atoms with van der Waals surface area (Å²) >= 11 is 5.67. The molecule has 0 nitrogen and oxygen atoms in total. The molecule has 0 saturated heterocycles. The third kappa shape index (κ3) is 4.39. The first-order valence-corrected chi connectivity index (χ1v) is 21.6.